The summed E-state index contributed by atoms with van der Waals surface area (Å²) in [5.41, 5.74) is 1.19. The van der Waals surface area contributed by atoms with E-state index in [0.717, 1.165) is 31.7 Å². The summed E-state index contributed by atoms with van der Waals surface area (Å²) in [7, 11) is 0. The van der Waals surface area contributed by atoms with Crippen LogP contribution in [-0.4, -0.2) is 31.1 Å². The number of benzene rings is 1. The lowest BCUT2D eigenvalue weighted by Gasteiger charge is -2.42. The van der Waals surface area contributed by atoms with Gasteiger partial charge >= 0.3 is 0 Å². The van der Waals surface area contributed by atoms with Crippen molar-refractivity contribution in [2.45, 2.75) is 26.8 Å². The van der Waals surface area contributed by atoms with Crippen molar-refractivity contribution < 1.29 is 4.39 Å². The van der Waals surface area contributed by atoms with E-state index in [1.165, 1.54) is 6.07 Å². The van der Waals surface area contributed by atoms with Crippen molar-refractivity contribution >= 4 is 24.8 Å². The zero-order valence-electron chi connectivity index (χ0n) is 13.2. The Morgan fingerprint density at radius 3 is 2.32 bits per heavy atom. The van der Waals surface area contributed by atoms with Crippen LogP contribution in [0.2, 0.25) is 0 Å². The molecule has 6 heteroatoms. The Morgan fingerprint density at radius 1 is 1.23 bits per heavy atom. The molecule has 0 spiro atoms. The topological polar surface area (TPSA) is 39.1 Å². The molecular formula is C16H24Cl2FN3. The first-order valence-corrected chi connectivity index (χ1v) is 7.08. The summed E-state index contributed by atoms with van der Waals surface area (Å²) in [5, 5.41) is 12.4. The van der Waals surface area contributed by atoms with Crippen LogP contribution in [0.4, 0.5) is 4.39 Å². The van der Waals surface area contributed by atoms with Gasteiger partial charge in [0.15, 0.2) is 0 Å². The molecular weight excluding hydrogens is 324 g/mol. The molecule has 1 aliphatic rings. The standard InChI is InChI=1S/C16H22FN3.2ClH/c1-16(2,3)15(20-8-6-19-7-9-20)12-4-5-14(17)13(10-12)11-18;;/h4-5,10,15,19H,6-9H2,1-3H3;2*1H/t15-;;/m0../s1. The smallest absolute Gasteiger partial charge is 0.140 e. The van der Waals surface area contributed by atoms with Crippen molar-refractivity contribution in [1.82, 2.24) is 10.2 Å². The number of nitriles is 1. The van der Waals surface area contributed by atoms with Crippen molar-refractivity contribution in [3.63, 3.8) is 0 Å². The highest BCUT2D eigenvalue weighted by atomic mass is 35.5. The zero-order chi connectivity index (χ0) is 14.8. The molecule has 0 aromatic heterocycles. The highest BCUT2D eigenvalue weighted by molar-refractivity contribution is 5.85. The fourth-order valence-electron chi connectivity index (χ4n) is 3.00. The average molecular weight is 348 g/mol. The van der Waals surface area contributed by atoms with Gasteiger partial charge in [-0.1, -0.05) is 26.8 Å². The molecule has 1 atom stereocenters. The maximum atomic E-state index is 13.5. The minimum absolute atomic E-state index is 0. The van der Waals surface area contributed by atoms with E-state index in [0.29, 0.717) is 0 Å². The first-order chi connectivity index (χ1) is 9.43. The Morgan fingerprint density at radius 2 is 1.82 bits per heavy atom. The van der Waals surface area contributed by atoms with Crippen molar-refractivity contribution in [3.05, 3.63) is 35.1 Å². The first-order valence-electron chi connectivity index (χ1n) is 7.08. The predicted octanol–water partition coefficient (Wildman–Crippen LogP) is 3.53. The summed E-state index contributed by atoms with van der Waals surface area (Å²) < 4.78 is 13.5. The number of halogens is 3. The van der Waals surface area contributed by atoms with Crippen molar-refractivity contribution in [1.29, 1.82) is 5.26 Å². The number of nitrogens with one attached hydrogen (secondary N) is 1. The van der Waals surface area contributed by atoms with Gasteiger partial charge in [0, 0.05) is 32.2 Å². The van der Waals surface area contributed by atoms with Crippen LogP contribution in [0, 0.1) is 22.6 Å². The van der Waals surface area contributed by atoms with E-state index in [1.54, 1.807) is 6.07 Å². The van der Waals surface area contributed by atoms with E-state index in [-0.39, 0.29) is 41.8 Å². The fourth-order valence-corrected chi connectivity index (χ4v) is 3.00. The molecule has 0 bridgehead atoms. The van der Waals surface area contributed by atoms with Crippen LogP contribution < -0.4 is 5.32 Å². The quantitative estimate of drug-likeness (QED) is 0.889. The van der Waals surface area contributed by atoms with Gasteiger partial charge in [-0.3, -0.25) is 4.90 Å². The van der Waals surface area contributed by atoms with Crippen LogP contribution in [0.1, 0.15) is 37.9 Å². The second kappa shape index (κ2) is 8.69. The van der Waals surface area contributed by atoms with Crippen LogP contribution in [0.25, 0.3) is 0 Å². The van der Waals surface area contributed by atoms with E-state index in [1.807, 2.05) is 12.1 Å². The third-order valence-electron chi connectivity index (χ3n) is 3.76. The summed E-state index contributed by atoms with van der Waals surface area (Å²) in [6.07, 6.45) is 0. The second-order valence-corrected chi connectivity index (χ2v) is 6.41. The van der Waals surface area contributed by atoms with Crippen LogP contribution in [0.3, 0.4) is 0 Å². The molecule has 1 fully saturated rings. The molecule has 1 aromatic rings. The molecule has 22 heavy (non-hydrogen) atoms. The number of piperazine rings is 1. The molecule has 0 aliphatic carbocycles. The molecule has 2 rings (SSSR count). The van der Waals surface area contributed by atoms with Crippen LogP contribution in [0.15, 0.2) is 18.2 Å². The van der Waals surface area contributed by atoms with Gasteiger partial charge in [-0.05, 0) is 23.1 Å². The first kappa shape index (κ1) is 21.1. The van der Waals surface area contributed by atoms with E-state index < -0.39 is 5.82 Å². The Balaban J connectivity index is 0.00000220. The van der Waals surface area contributed by atoms with Crippen molar-refractivity contribution in [2.75, 3.05) is 26.2 Å². The van der Waals surface area contributed by atoms with Gasteiger partial charge in [0.25, 0.3) is 0 Å². The predicted molar refractivity (Wildman–Crippen MR) is 92.2 cm³/mol. The monoisotopic (exact) mass is 347 g/mol. The number of hydrogen-bond donors (Lipinski definition) is 1. The highest BCUT2D eigenvalue weighted by Gasteiger charge is 2.32. The lowest BCUT2D eigenvalue weighted by Crippen LogP contribution is -2.48. The van der Waals surface area contributed by atoms with E-state index in [9.17, 15) is 4.39 Å². The van der Waals surface area contributed by atoms with E-state index >= 15 is 0 Å². The summed E-state index contributed by atoms with van der Waals surface area (Å²) in [5.74, 6) is -0.441. The van der Waals surface area contributed by atoms with Gasteiger partial charge in [0.2, 0.25) is 0 Å². The largest absolute Gasteiger partial charge is 0.314 e. The lowest BCUT2D eigenvalue weighted by atomic mass is 9.80. The minimum atomic E-state index is -0.441. The third kappa shape index (κ3) is 4.82. The molecule has 124 valence electrons. The molecule has 3 nitrogen and oxygen atoms in total. The van der Waals surface area contributed by atoms with Gasteiger partial charge in [-0.15, -0.1) is 24.8 Å². The molecule has 0 unspecified atom stereocenters. The molecule has 0 radical (unpaired) electrons. The maximum Gasteiger partial charge on any atom is 0.140 e. The molecule has 1 aromatic carbocycles. The van der Waals surface area contributed by atoms with Gasteiger partial charge in [-0.25, -0.2) is 4.39 Å². The summed E-state index contributed by atoms with van der Waals surface area (Å²) in [6, 6.07) is 7.06. The molecule has 1 aliphatic heterocycles. The summed E-state index contributed by atoms with van der Waals surface area (Å²) >= 11 is 0. The average Bonchev–Trinajstić information content (AvgIpc) is 2.40. The van der Waals surface area contributed by atoms with Gasteiger partial charge in [0.05, 0.1) is 5.56 Å². The Hall–Kier alpha value is -0.860. The summed E-state index contributed by atoms with van der Waals surface area (Å²) in [6.45, 7) is 10.5. The lowest BCUT2D eigenvalue weighted by molar-refractivity contribution is 0.0861. The molecule has 0 amide bonds. The van der Waals surface area contributed by atoms with E-state index in [4.69, 9.17) is 5.26 Å². The highest BCUT2D eigenvalue weighted by Crippen LogP contribution is 2.38. The number of hydrogen-bond acceptors (Lipinski definition) is 3. The zero-order valence-corrected chi connectivity index (χ0v) is 14.9. The Kier molecular flexibility index (Phi) is 8.35. The van der Waals surface area contributed by atoms with E-state index in [2.05, 4.69) is 31.0 Å². The van der Waals surface area contributed by atoms with Gasteiger partial charge < -0.3 is 5.32 Å². The van der Waals surface area contributed by atoms with Crippen molar-refractivity contribution in [2.24, 2.45) is 5.41 Å². The minimum Gasteiger partial charge on any atom is -0.314 e. The van der Waals surface area contributed by atoms with Crippen molar-refractivity contribution in [3.8, 4) is 6.07 Å². The number of rotatable bonds is 2. The second-order valence-electron chi connectivity index (χ2n) is 6.41. The fraction of sp³-hybridized carbons (Fsp3) is 0.562. The molecule has 1 N–H and O–H groups in total. The molecule has 1 saturated heterocycles. The Labute approximate surface area is 144 Å². The maximum absolute atomic E-state index is 13.5. The summed E-state index contributed by atoms with van der Waals surface area (Å²) in [4.78, 5) is 2.42. The third-order valence-corrected chi connectivity index (χ3v) is 3.76. The SMILES string of the molecule is CC(C)(C)[C@H](c1ccc(F)c(C#N)c1)N1CCNCC1.Cl.Cl. The normalized spacial score (nSPS) is 16.9. The van der Waals surface area contributed by atoms with Crippen LogP contribution in [0.5, 0.6) is 0 Å². The Bertz CT molecular complexity index is 517. The van der Waals surface area contributed by atoms with Crippen LogP contribution in [-0.2, 0) is 0 Å². The number of nitrogens with zero attached hydrogens (tertiary/aromatic N) is 2. The molecule has 0 saturated carbocycles. The van der Waals surface area contributed by atoms with Crippen LogP contribution >= 0.6 is 24.8 Å². The molecule has 1 heterocycles. The van der Waals surface area contributed by atoms with Gasteiger partial charge in [-0.2, -0.15) is 5.26 Å². The van der Waals surface area contributed by atoms with Gasteiger partial charge in [0.1, 0.15) is 11.9 Å².